The van der Waals surface area contributed by atoms with Crippen LogP contribution in [0.2, 0.25) is 0 Å². The average Bonchev–Trinajstić information content (AvgIpc) is 2.74. The van der Waals surface area contributed by atoms with E-state index in [1.165, 1.54) is 6.07 Å². The van der Waals surface area contributed by atoms with Crippen molar-refractivity contribution >= 4 is 16.9 Å². The smallest absolute Gasteiger partial charge is 0.336 e. The molecule has 0 spiro atoms. The van der Waals surface area contributed by atoms with Gasteiger partial charge in [0.25, 0.3) is 5.91 Å². The monoisotopic (exact) mass is 409 g/mol. The lowest BCUT2D eigenvalue weighted by Gasteiger charge is -2.15. The Hall–Kier alpha value is -3.28. The lowest BCUT2D eigenvalue weighted by molar-refractivity contribution is -0.127. The Morgan fingerprint density at radius 1 is 1.07 bits per heavy atom. The minimum absolute atomic E-state index is 0.204. The normalized spacial score (nSPS) is 11.8. The first-order valence-corrected chi connectivity index (χ1v) is 10.1. The lowest BCUT2D eigenvalue weighted by Crippen LogP contribution is -2.37. The van der Waals surface area contributed by atoms with E-state index in [0.29, 0.717) is 24.3 Å². The van der Waals surface area contributed by atoms with Gasteiger partial charge in [0.05, 0.1) is 7.11 Å². The summed E-state index contributed by atoms with van der Waals surface area (Å²) in [6, 6.07) is 14.6. The van der Waals surface area contributed by atoms with Gasteiger partial charge in [0.2, 0.25) is 0 Å². The molecular weight excluding hydrogens is 382 g/mol. The maximum atomic E-state index is 12.4. The molecule has 1 amide bonds. The number of rotatable bonds is 9. The second kappa shape index (κ2) is 9.96. The molecule has 0 saturated heterocycles. The van der Waals surface area contributed by atoms with Crippen molar-refractivity contribution in [2.75, 3.05) is 13.7 Å². The molecule has 0 aliphatic carbocycles. The fraction of sp³-hybridized carbons (Fsp3) is 0.333. The first-order valence-electron chi connectivity index (χ1n) is 10.1. The van der Waals surface area contributed by atoms with E-state index in [1.54, 1.807) is 26.2 Å². The summed E-state index contributed by atoms with van der Waals surface area (Å²) in [5.41, 5.74) is 2.15. The average molecular weight is 409 g/mol. The Morgan fingerprint density at radius 2 is 1.80 bits per heavy atom. The quantitative estimate of drug-likeness (QED) is 0.543. The minimum atomic E-state index is -0.677. The summed E-state index contributed by atoms with van der Waals surface area (Å²) in [7, 11) is 1.63. The van der Waals surface area contributed by atoms with Crippen LogP contribution >= 0.6 is 0 Å². The Kier molecular flexibility index (Phi) is 7.12. The van der Waals surface area contributed by atoms with Crippen LogP contribution in [0.25, 0.3) is 11.0 Å². The van der Waals surface area contributed by atoms with Gasteiger partial charge < -0.3 is 19.2 Å². The first-order chi connectivity index (χ1) is 14.5. The number of amides is 1. The van der Waals surface area contributed by atoms with Crippen LogP contribution in [0.15, 0.2) is 57.7 Å². The van der Waals surface area contributed by atoms with Gasteiger partial charge >= 0.3 is 5.63 Å². The van der Waals surface area contributed by atoms with Gasteiger partial charge in [0.1, 0.15) is 17.1 Å². The van der Waals surface area contributed by atoms with Crippen molar-refractivity contribution in [1.29, 1.82) is 0 Å². The fourth-order valence-electron chi connectivity index (χ4n) is 3.28. The van der Waals surface area contributed by atoms with Crippen LogP contribution in [0.4, 0.5) is 0 Å². The van der Waals surface area contributed by atoms with E-state index in [9.17, 15) is 9.59 Å². The summed E-state index contributed by atoms with van der Waals surface area (Å²) in [6.07, 6.45) is 1.77. The van der Waals surface area contributed by atoms with Crippen LogP contribution in [-0.4, -0.2) is 25.7 Å². The topological polar surface area (TPSA) is 77.8 Å². The van der Waals surface area contributed by atoms with Crippen molar-refractivity contribution in [2.45, 2.75) is 39.2 Å². The van der Waals surface area contributed by atoms with Gasteiger partial charge in [-0.1, -0.05) is 25.5 Å². The number of benzene rings is 2. The van der Waals surface area contributed by atoms with Gasteiger partial charge in [0, 0.05) is 24.1 Å². The molecule has 6 nitrogen and oxygen atoms in total. The molecule has 0 aliphatic heterocycles. The Labute approximate surface area is 175 Å². The summed E-state index contributed by atoms with van der Waals surface area (Å²) in [6.45, 7) is 4.26. The molecule has 3 rings (SSSR count). The molecule has 0 unspecified atom stereocenters. The molecule has 30 heavy (non-hydrogen) atoms. The van der Waals surface area contributed by atoms with Gasteiger partial charge in [-0.2, -0.15) is 0 Å². The van der Waals surface area contributed by atoms with Crippen LogP contribution < -0.4 is 20.4 Å². The van der Waals surface area contributed by atoms with Crippen LogP contribution in [0.1, 0.15) is 31.4 Å². The van der Waals surface area contributed by atoms with E-state index < -0.39 is 6.10 Å². The van der Waals surface area contributed by atoms with Gasteiger partial charge in [-0.25, -0.2) is 4.79 Å². The zero-order valence-corrected chi connectivity index (χ0v) is 17.6. The molecule has 2 aromatic carbocycles. The van der Waals surface area contributed by atoms with Crippen molar-refractivity contribution in [3.8, 4) is 11.5 Å². The molecule has 1 aromatic heterocycles. The van der Waals surface area contributed by atoms with Crippen LogP contribution in [0.3, 0.4) is 0 Å². The first kappa shape index (κ1) is 21.4. The Balaban J connectivity index is 1.58. The molecule has 1 heterocycles. The fourth-order valence-corrected chi connectivity index (χ4v) is 3.28. The minimum Gasteiger partial charge on any atom is -0.497 e. The van der Waals surface area contributed by atoms with E-state index in [2.05, 4.69) is 12.2 Å². The molecule has 158 valence electrons. The SMILES string of the molecule is CCCc1cc(=O)oc2cc(O[C@@H](C)C(=O)NCCc3ccc(OC)cc3)ccc12. The van der Waals surface area contributed by atoms with E-state index in [1.807, 2.05) is 30.3 Å². The highest BCUT2D eigenvalue weighted by atomic mass is 16.5. The molecule has 6 heteroatoms. The van der Waals surface area contributed by atoms with Crippen LogP contribution in [0.5, 0.6) is 11.5 Å². The lowest BCUT2D eigenvalue weighted by atomic mass is 10.1. The number of fused-ring (bicyclic) bond motifs is 1. The molecule has 0 radical (unpaired) electrons. The number of aryl methyl sites for hydroxylation is 1. The Morgan fingerprint density at radius 3 is 2.50 bits per heavy atom. The van der Waals surface area contributed by atoms with Crippen molar-refractivity contribution < 1.29 is 18.7 Å². The van der Waals surface area contributed by atoms with E-state index in [0.717, 1.165) is 35.1 Å². The summed E-state index contributed by atoms with van der Waals surface area (Å²) in [5, 5.41) is 3.77. The standard InChI is InChI=1S/C24H27NO5/c1-4-5-18-14-23(26)30-22-15-20(10-11-21(18)22)29-16(2)24(27)25-13-12-17-6-8-19(28-3)9-7-17/h6-11,14-16H,4-5,12-13H2,1-3H3,(H,25,27)/t16-/m0/s1. The van der Waals surface area contributed by atoms with Crippen molar-refractivity contribution in [2.24, 2.45) is 0 Å². The maximum absolute atomic E-state index is 12.4. The predicted octanol–water partition coefficient (Wildman–Crippen LogP) is 3.88. The third-order valence-electron chi connectivity index (χ3n) is 4.88. The number of methoxy groups -OCH3 is 1. The third kappa shape index (κ3) is 5.41. The summed E-state index contributed by atoms with van der Waals surface area (Å²) < 4.78 is 16.2. The number of carbonyl (C=O) groups excluding carboxylic acids is 1. The molecule has 1 atom stereocenters. The van der Waals surface area contributed by atoms with Gasteiger partial charge in [-0.15, -0.1) is 0 Å². The van der Waals surface area contributed by atoms with Gasteiger partial charge in [0.15, 0.2) is 6.10 Å². The van der Waals surface area contributed by atoms with Crippen LogP contribution in [0, 0.1) is 0 Å². The predicted molar refractivity (Wildman–Crippen MR) is 116 cm³/mol. The summed E-state index contributed by atoms with van der Waals surface area (Å²) in [5.74, 6) is 1.08. The van der Waals surface area contributed by atoms with E-state index in [4.69, 9.17) is 13.9 Å². The summed E-state index contributed by atoms with van der Waals surface area (Å²) >= 11 is 0. The van der Waals surface area contributed by atoms with E-state index >= 15 is 0 Å². The van der Waals surface area contributed by atoms with Gasteiger partial charge in [-0.05, 0) is 55.2 Å². The largest absolute Gasteiger partial charge is 0.497 e. The number of ether oxygens (including phenoxy) is 2. The zero-order valence-electron chi connectivity index (χ0n) is 17.6. The molecule has 0 aliphatic rings. The van der Waals surface area contributed by atoms with E-state index in [-0.39, 0.29) is 11.5 Å². The molecule has 0 saturated carbocycles. The molecule has 0 bridgehead atoms. The highest BCUT2D eigenvalue weighted by molar-refractivity contribution is 5.83. The number of hydrogen-bond acceptors (Lipinski definition) is 5. The highest BCUT2D eigenvalue weighted by Gasteiger charge is 2.15. The number of carbonyl (C=O) groups is 1. The Bertz CT molecular complexity index is 1060. The summed E-state index contributed by atoms with van der Waals surface area (Å²) in [4.78, 5) is 24.2. The van der Waals surface area contributed by atoms with Crippen LogP contribution in [-0.2, 0) is 17.6 Å². The molecular formula is C24H27NO5. The molecule has 3 aromatic rings. The van der Waals surface area contributed by atoms with Crippen molar-refractivity contribution in [3.05, 3.63) is 70.1 Å². The second-order valence-electron chi connectivity index (χ2n) is 7.15. The highest BCUT2D eigenvalue weighted by Crippen LogP contribution is 2.24. The van der Waals surface area contributed by atoms with Crippen molar-refractivity contribution in [3.63, 3.8) is 0 Å². The zero-order chi connectivity index (χ0) is 21.5. The number of nitrogens with one attached hydrogen (secondary N) is 1. The third-order valence-corrected chi connectivity index (χ3v) is 4.88. The second-order valence-corrected chi connectivity index (χ2v) is 7.15. The number of hydrogen-bond donors (Lipinski definition) is 1. The maximum Gasteiger partial charge on any atom is 0.336 e. The van der Waals surface area contributed by atoms with Gasteiger partial charge in [-0.3, -0.25) is 4.79 Å². The molecule has 0 fully saturated rings. The molecule has 1 N–H and O–H groups in total. The van der Waals surface area contributed by atoms with Crippen molar-refractivity contribution in [1.82, 2.24) is 5.32 Å².